The van der Waals surface area contributed by atoms with Gasteiger partial charge in [0.15, 0.2) is 6.10 Å². The topological polar surface area (TPSA) is 129 Å². The average Bonchev–Trinajstić information content (AvgIpc) is 3.10. The van der Waals surface area contributed by atoms with Gasteiger partial charge in [0.25, 0.3) is 0 Å². The number of phosphoric acid groups is 1. The first-order valence-corrected chi connectivity index (χ1v) is 22.3. The standard InChI is InChI=1S/C42H78NO9P/c1-6-8-10-12-14-15-16-17-18-19-21-25-29-33-41(45)49-37-40(38-51-53(47,48)50-36-35-43(3,4)5)52-42(46)34-30-26-22-24-28-32-39(44)31-27-23-20-13-11-9-7-2/h9,11,20,23,27,31,39-40,44H,6-8,10,12-19,21-22,24-26,28-30,32-38H2,1-5H3/p+1/b11-9+,23-20+,31-27+/t39?,40-/m1/s1. The molecule has 0 bridgehead atoms. The van der Waals surface area contributed by atoms with E-state index in [-0.39, 0.29) is 26.1 Å². The molecule has 3 atom stereocenters. The summed E-state index contributed by atoms with van der Waals surface area (Å²) < 4.78 is 34.2. The van der Waals surface area contributed by atoms with E-state index in [1.165, 1.54) is 64.2 Å². The zero-order chi connectivity index (χ0) is 39.5. The first-order chi connectivity index (χ1) is 25.4. The van der Waals surface area contributed by atoms with Gasteiger partial charge in [-0.3, -0.25) is 18.6 Å². The van der Waals surface area contributed by atoms with Crippen molar-refractivity contribution in [2.75, 3.05) is 47.5 Å². The van der Waals surface area contributed by atoms with Gasteiger partial charge in [-0.1, -0.05) is 153 Å². The van der Waals surface area contributed by atoms with Crippen LogP contribution in [0, 0.1) is 0 Å². The zero-order valence-corrected chi connectivity index (χ0v) is 35.3. The molecule has 2 N–H and O–H groups in total. The van der Waals surface area contributed by atoms with Crippen LogP contribution in [0.4, 0.5) is 0 Å². The van der Waals surface area contributed by atoms with Gasteiger partial charge >= 0.3 is 19.8 Å². The molecule has 0 aromatic rings. The van der Waals surface area contributed by atoms with Crippen LogP contribution >= 0.6 is 7.82 Å². The summed E-state index contributed by atoms with van der Waals surface area (Å²) in [6.07, 6.45) is 33.5. The fraction of sp³-hybridized carbons (Fsp3) is 0.810. The summed E-state index contributed by atoms with van der Waals surface area (Å²) >= 11 is 0. The van der Waals surface area contributed by atoms with Gasteiger partial charge in [-0.25, -0.2) is 4.57 Å². The molecule has 0 aliphatic heterocycles. The van der Waals surface area contributed by atoms with Crippen LogP contribution in [0.2, 0.25) is 0 Å². The molecule has 53 heavy (non-hydrogen) atoms. The Morgan fingerprint density at radius 3 is 1.79 bits per heavy atom. The van der Waals surface area contributed by atoms with E-state index in [1.54, 1.807) is 6.08 Å². The quantitative estimate of drug-likeness (QED) is 0.0158. The predicted octanol–water partition coefficient (Wildman–Crippen LogP) is 10.3. The first kappa shape index (κ1) is 51.2. The van der Waals surface area contributed by atoms with E-state index in [0.29, 0.717) is 23.9 Å². The number of allylic oxidation sites excluding steroid dienone is 5. The van der Waals surface area contributed by atoms with E-state index in [2.05, 4.69) is 32.1 Å². The van der Waals surface area contributed by atoms with Gasteiger partial charge in [0.2, 0.25) is 0 Å². The van der Waals surface area contributed by atoms with Crippen molar-refractivity contribution < 1.29 is 47.2 Å². The maximum Gasteiger partial charge on any atom is 0.472 e. The number of hydrogen-bond donors (Lipinski definition) is 2. The molecule has 0 amide bonds. The third-order valence-electron chi connectivity index (χ3n) is 8.79. The molecule has 0 aromatic carbocycles. The molecule has 0 radical (unpaired) electrons. The minimum atomic E-state index is -4.39. The lowest BCUT2D eigenvalue weighted by Gasteiger charge is -2.24. The van der Waals surface area contributed by atoms with Crippen LogP contribution in [0.5, 0.6) is 0 Å². The third-order valence-corrected chi connectivity index (χ3v) is 9.77. The summed E-state index contributed by atoms with van der Waals surface area (Å²) in [6.45, 7) is 4.17. The molecule has 2 unspecified atom stereocenters. The van der Waals surface area contributed by atoms with Gasteiger partial charge < -0.3 is 24.0 Å². The van der Waals surface area contributed by atoms with E-state index in [0.717, 1.165) is 57.8 Å². The summed E-state index contributed by atoms with van der Waals surface area (Å²) in [5, 5.41) is 10.1. The Hall–Kier alpha value is -1.81. The van der Waals surface area contributed by atoms with E-state index < -0.39 is 38.6 Å². The molecule has 310 valence electrons. The molecule has 0 saturated carbocycles. The molecule has 0 fully saturated rings. The lowest BCUT2D eigenvalue weighted by molar-refractivity contribution is -0.870. The fourth-order valence-electron chi connectivity index (χ4n) is 5.49. The van der Waals surface area contributed by atoms with Crippen LogP contribution in [-0.4, -0.2) is 86.1 Å². The van der Waals surface area contributed by atoms with E-state index in [4.69, 9.17) is 18.5 Å². The monoisotopic (exact) mass is 773 g/mol. The zero-order valence-electron chi connectivity index (χ0n) is 34.4. The Morgan fingerprint density at radius 2 is 1.23 bits per heavy atom. The smallest absolute Gasteiger partial charge is 0.462 e. The summed E-state index contributed by atoms with van der Waals surface area (Å²) in [4.78, 5) is 35.3. The SMILES string of the molecule is CC/C=C/C/C=C/C=C/C(O)CCCCCCCC(=O)O[C@H](COC(=O)CCCCCCCCCCCCCCC)COP(=O)(O)OCC[N+](C)(C)C. The molecule has 0 aromatic heterocycles. The minimum Gasteiger partial charge on any atom is -0.462 e. The van der Waals surface area contributed by atoms with E-state index >= 15 is 0 Å². The number of unbranched alkanes of at least 4 members (excludes halogenated alkanes) is 16. The Labute approximate surface area is 324 Å². The number of nitrogens with zero attached hydrogens (tertiary/aromatic N) is 1. The van der Waals surface area contributed by atoms with Gasteiger partial charge in [0, 0.05) is 12.8 Å². The maximum absolute atomic E-state index is 12.7. The van der Waals surface area contributed by atoms with Gasteiger partial charge in [-0.15, -0.1) is 0 Å². The molecule has 0 aliphatic carbocycles. The molecule has 0 saturated heterocycles. The van der Waals surface area contributed by atoms with Gasteiger partial charge in [-0.05, 0) is 32.1 Å². The van der Waals surface area contributed by atoms with Crippen molar-refractivity contribution in [1.82, 2.24) is 0 Å². The molecular weight excluding hydrogens is 693 g/mol. The van der Waals surface area contributed by atoms with E-state index in [1.807, 2.05) is 33.3 Å². The summed E-state index contributed by atoms with van der Waals surface area (Å²) in [5.41, 5.74) is 0. The highest BCUT2D eigenvalue weighted by Crippen LogP contribution is 2.43. The summed E-state index contributed by atoms with van der Waals surface area (Å²) in [5.74, 6) is -0.874. The van der Waals surface area contributed by atoms with Gasteiger partial charge in [0.05, 0.1) is 33.9 Å². The Kier molecular flexibility index (Phi) is 33.5. The highest BCUT2D eigenvalue weighted by atomic mass is 31.2. The lowest BCUT2D eigenvalue weighted by Crippen LogP contribution is -2.37. The number of carbonyl (C=O) groups excluding carboxylic acids is 2. The van der Waals surface area contributed by atoms with Crippen LogP contribution in [0.1, 0.15) is 162 Å². The summed E-state index contributed by atoms with van der Waals surface area (Å²) in [6, 6.07) is 0. The number of phosphoric ester groups is 1. The van der Waals surface area contributed by atoms with Crippen molar-refractivity contribution in [2.24, 2.45) is 0 Å². The number of quaternary nitrogens is 1. The molecule has 10 nitrogen and oxygen atoms in total. The average molecular weight is 773 g/mol. The molecular formula is C42H79NO9P+. The van der Waals surface area contributed by atoms with Crippen molar-refractivity contribution >= 4 is 19.8 Å². The summed E-state index contributed by atoms with van der Waals surface area (Å²) in [7, 11) is 1.41. The number of rotatable bonds is 37. The second kappa shape index (κ2) is 34.7. The highest BCUT2D eigenvalue weighted by Gasteiger charge is 2.27. The molecule has 0 aliphatic rings. The van der Waals surface area contributed by atoms with Crippen LogP contribution in [0.15, 0.2) is 36.5 Å². The number of aliphatic hydroxyl groups is 1. The number of hydrogen-bond acceptors (Lipinski definition) is 8. The second-order valence-electron chi connectivity index (χ2n) is 15.2. The Balaban J connectivity index is 4.48. The second-order valence-corrected chi connectivity index (χ2v) is 16.7. The van der Waals surface area contributed by atoms with Gasteiger partial charge in [-0.2, -0.15) is 0 Å². The van der Waals surface area contributed by atoms with Crippen LogP contribution < -0.4 is 0 Å². The van der Waals surface area contributed by atoms with Gasteiger partial charge in [0.1, 0.15) is 19.8 Å². The van der Waals surface area contributed by atoms with Crippen molar-refractivity contribution in [2.45, 2.75) is 174 Å². The highest BCUT2D eigenvalue weighted by molar-refractivity contribution is 7.47. The largest absolute Gasteiger partial charge is 0.472 e. The fourth-order valence-corrected chi connectivity index (χ4v) is 6.23. The van der Waals surface area contributed by atoms with E-state index in [9.17, 15) is 24.2 Å². The van der Waals surface area contributed by atoms with Crippen molar-refractivity contribution in [3.05, 3.63) is 36.5 Å². The Bertz CT molecular complexity index is 1020. The molecule has 0 spiro atoms. The number of carbonyl (C=O) groups is 2. The number of likely N-dealkylation sites (N-methyl/N-ethyl adjacent to an activating group) is 1. The lowest BCUT2D eigenvalue weighted by atomic mass is 10.0. The van der Waals surface area contributed by atoms with Crippen molar-refractivity contribution in [1.29, 1.82) is 0 Å². The third kappa shape index (κ3) is 38.3. The van der Waals surface area contributed by atoms with Crippen LogP contribution in [0.25, 0.3) is 0 Å². The van der Waals surface area contributed by atoms with Crippen molar-refractivity contribution in [3.8, 4) is 0 Å². The van der Waals surface area contributed by atoms with Crippen LogP contribution in [-0.2, 0) is 32.7 Å². The van der Waals surface area contributed by atoms with Crippen LogP contribution in [0.3, 0.4) is 0 Å². The number of ether oxygens (including phenoxy) is 2. The number of esters is 2. The first-order valence-electron chi connectivity index (χ1n) is 20.8. The predicted molar refractivity (Wildman–Crippen MR) is 216 cm³/mol. The van der Waals surface area contributed by atoms with Crippen molar-refractivity contribution in [3.63, 3.8) is 0 Å². The normalized spacial score (nSPS) is 14.6. The number of aliphatic hydroxyl groups excluding tert-OH is 1. The Morgan fingerprint density at radius 1 is 0.679 bits per heavy atom. The maximum atomic E-state index is 12.7. The molecule has 0 heterocycles. The minimum absolute atomic E-state index is 0.0139. The molecule has 0 rings (SSSR count). The molecule has 11 heteroatoms.